The van der Waals surface area contributed by atoms with Crippen molar-refractivity contribution < 1.29 is 4.74 Å². The Morgan fingerprint density at radius 1 is 0.750 bits per heavy atom. The molecule has 0 amide bonds. The molecule has 0 aliphatic heterocycles. The minimum absolute atomic E-state index is 0. The van der Waals surface area contributed by atoms with Crippen LogP contribution in [0, 0.1) is 0 Å². The third-order valence-electron chi connectivity index (χ3n) is 2.44. The lowest BCUT2D eigenvalue weighted by molar-refractivity contribution is 0.136. The molecule has 0 aliphatic rings. The molecular weight excluding hydrogens is 196 g/mol. The van der Waals surface area contributed by atoms with Gasteiger partial charge in [0.15, 0.2) is 0 Å². The van der Waals surface area contributed by atoms with Crippen LogP contribution >= 0.6 is 0 Å². The summed E-state index contributed by atoms with van der Waals surface area (Å²) in [5.41, 5.74) is 2.37. The van der Waals surface area contributed by atoms with Crippen molar-refractivity contribution in [3.05, 3.63) is 71.8 Å². The van der Waals surface area contributed by atoms with Crippen LogP contribution in [-0.4, -0.2) is 7.11 Å². The van der Waals surface area contributed by atoms with E-state index in [1.807, 2.05) is 36.4 Å². The Morgan fingerprint density at radius 2 is 1.12 bits per heavy atom. The van der Waals surface area contributed by atoms with Gasteiger partial charge < -0.3 is 4.74 Å². The van der Waals surface area contributed by atoms with Crippen molar-refractivity contribution in [2.24, 2.45) is 0 Å². The number of hydrogen-bond acceptors (Lipinski definition) is 1. The predicted octanol–water partition coefficient (Wildman–Crippen LogP) is 4.06. The van der Waals surface area contributed by atoms with Gasteiger partial charge in [0.2, 0.25) is 0 Å². The van der Waals surface area contributed by atoms with E-state index in [2.05, 4.69) is 24.3 Å². The summed E-state index contributed by atoms with van der Waals surface area (Å²) in [5.74, 6) is 0. The third kappa shape index (κ3) is 2.71. The van der Waals surface area contributed by atoms with E-state index in [0.717, 1.165) is 0 Å². The summed E-state index contributed by atoms with van der Waals surface area (Å²) in [6.45, 7) is 0. The van der Waals surface area contributed by atoms with Crippen LogP contribution in [0.15, 0.2) is 60.7 Å². The van der Waals surface area contributed by atoms with E-state index in [1.165, 1.54) is 11.1 Å². The summed E-state index contributed by atoms with van der Waals surface area (Å²) in [4.78, 5) is 0. The third-order valence-corrected chi connectivity index (χ3v) is 2.44. The van der Waals surface area contributed by atoms with Crippen LogP contribution in [0.2, 0.25) is 0 Å². The van der Waals surface area contributed by atoms with Crippen LogP contribution < -0.4 is 0 Å². The molecule has 0 saturated heterocycles. The molecule has 0 heterocycles. The smallest absolute Gasteiger partial charge is 0.107 e. The van der Waals surface area contributed by atoms with E-state index < -0.39 is 0 Å². The minimum Gasteiger partial charge on any atom is -0.372 e. The number of benzene rings is 2. The van der Waals surface area contributed by atoms with E-state index in [9.17, 15) is 0 Å². The molecule has 0 N–H and O–H groups in total. The maximum absolute atomic E-state index is 5.52. The van der Waals surface area contributed by atoms with E-state index in [1.54, 1.807) is 7.11 Å². The van der Waals surface area contributed by atoms with E-state index >= 15 is 0 Å². The van der Waals surface area contributed by atoms with Crippen molar-refractivity contribution in [3.63, 3.8) is 0 Å². The molecule has 0 aromatic heterocycles. The standard InChI is InChI=1S/C14H14O.CH4/c1-15-14(12-8-4-2-5-9-12)13-10-6-3-7-11-13;/h2-11,14H,1H3;1H4. The molecule has 84 valence electrons. The highest BCUT2D eigenvalue weighted by atomic mass is 16.5. The Bertz CT molecular complexity index is 355. The fourth-order valence-electron chi connectivity index (χ4n) is 1.72. The van der Waals surface area contributed by atoms with Gasteiger partial charge in [0, 0.05) is 7.11 Å². The van der Waals surface area contributed by atoms with Crippen molar-refractivity contribution in [1.82, 2.24) is 0 Å². The average Bonchev–Trinajstić information content (AvgIpc) is 2.33. The van der Waals surface area contributed by atoms with Crippen LogP contribution in [0.3, 0.4) is 0 Å². The van der Waals surface area contributed by atoms with Crippen LogP contribution in [-0.2, 0) is 4.74 Å². The van der Waals surface area contributed by atoms with Crippen LogP contribution in [0.25, 0.3) is 0 Å². The van der Waals surface area contributed by atoms with Crippen LogP contribution in [0.5, 0.6) is 0 Å². The summed E-state index contributed by atoms with van der Waals surface area (Å²) >= 11 is 0. The monoisotopic (exact) mass is 214 g/mol. The van der Waals surface area contributed by atoms with Gasteiger partial charge >= 0.3 is 0 Å². The van der Waals surface area contributed by atoms with Gasteiger partial charge in [-0.1, -0.05) is 68.1 Å². The zero-order chi connectivity index (χ0) is 10.5. The second kappa shape index (κ2) is 6.09. The number of methoxy groups -OCH3 is 1. The second-order valence-corrected chi connectivity index (χ2v) is 3.44. The molecule has 1 heteroatoms. The van der Waals surface area contributed by atoms with Gasteiger partial charge in [0.1, 0.15) is 6.10 Å². The largest absolute Gasteiger partial charge is 0.372 e. The Morgan fingerprint density at radius 3 is 1.44 bits per heavy atom. The van der Waals surface area contributed by atoms with Crippen LogP contribution in [0.1, 0.15) is 24.7 Å². The molecule has 0 bridgehead atoms. The molecule has 16 heavy (non-hydrogen) atoms. The van der Waals surface area contributed by atoms with Crippen molar-refractivity contribution in [1.29, 1.82) is 0 Å². The lowest BCUT2D eigenvalue weighted by atomic mass is 10.0. The molecule has 0 atom stereocenters. The van der Waals surface area contributed by atoms with E-state index in [0.29, 0.717) is 0 Å². The second-order valence-electron chi connectivity index (χ2n) is 3.44. The Labute approximate surface area is 97.7 Å². The zero-order valence-electron chi connectivity index (χ0n) is 8.76. The van der Waals surface area contributed by atoms with E-state index in [4.69, 9.17) is 4.74 Å². The predicted molar refractivity (Wildman–Crippen MR) is 68.5 cm³/mol. The number of hydrogen-bond donors (Lipinski definition) is 0. The molecule has 0 unspecified atom stereocenters. The maximum Gasteiger partial charge on any atom is 0.107 e. The highest BCUT2D eigenvalue weighted by molar-refractivity contribution is 5.29. The van der Waals surface area contributed by atoms with Gasteiger partial charge in [-0.3, -0.25) is 0 Å². The molecular formula is C15H18O. The highest BCUT2D eigenvalue weighted by Gasteiger charge is 2.11. The Kier molecular flexibility index (Phi) is 4.74. The SMILES string of the molecule is C.COC(c1ccccc1)c1ccccc1. The van der Waals surface area contributed by atoms with Gasteiger partial charge in [-0.25, -0.2) is 0 Å². The summed E-state index contributed by atoms with van der Waals surface area (Å²) in [7, 11) is 1.74. The quantitative estimate of drug-likeness (QED) is 0.748. The Balaban J connectivity index is 0.00000128. The summed E-state index contributed by atoms with van der Waals surface area (Å²) in [6, 6.07) is 20.5. The lowest BCUT2D eigenvalue weighted by Crippen LogP contribution is -2.02. The van der Waals surface area contributed by atoms with Crippen molar-refractivity contribution in [2.75, 3.05) is 7.11 Å². The van der Waals surface area contributed by atoms with Gasteiger partial charge in [0.05, 0.1) is 0 Å². The molecule has 1 nitrogen and oxygen atoms in total. The Hall–Kier alpha value is -1.60. The van der Waals surface area contributed by atoms with Crippen molar-refractivity contribution in [2.45, 2.75) is 13.5 Å². The zero-order valence-corrected chi connectivity index (χ0v) is 8.76. The fraction of sp³-hybridized carbons (Fsp3) is 0.200. The fourth-order valence-corrected chi connectivity index (χ4v) is 1.72. The summed E-state index contributed by atoms with van der Waals surface area (Å²) in [6.07, 6.45) is 0.0346. The molecule has 0 aliphatic carbocycles. The molecule has 0 spiro atoms. The first-order valence-corrected chi connectivity index (χ1v) is 5.04. The molecule has 0 radical (unpaired) electrons. The number of rotatable bonds is 3. The number of ether oxygens (including phenoxy) is 1. The topological polar surface area (TPSA) is 9.23 Å². The first kappa shape index (κ1) is 12.5. The van der Waals surface area contributed by atoms with Gasteiger partial charge in [-0.05, 0) is 11.1 Å². The maximum atomic E-state index is 5.52. The highest BCUT2D eigenvalue weighted by Crippen LogP contribution is 2.24. The van der Waals surface area contributed by atoms with E-state index in [-0.39, 0.29) is 13.5 Å². The summed E-state index contributed by atoms with van der Waals surface area (Å²) in [5, 5.41) is 0. The van der Waals surface area contributed by atoms with Gasteiger partial charge in [-0.15, -0.1) is 0 Å². The van der Waals surface area contributed by atoms with Crippen molar-refractivity contribution >= 4 is 0 Å². The first-order chi connectivity index (χ1) is 7.42. The lowest BCUT2D eigenvalue weighted by Gasteiger charge is -2.15. The first-order valence-electron chi connectivity index (χ1n) is 5.04. The molecule has 2 rings (SSSR count). The van der Waals surface area contributed by atoms with Gasteiger partial charge in [-0.2, -0.15) is 0 Å². The molecule has 2 aromatic rings. The normalized spacial score (nSPS) is 9.88. The van der Waals surface area contributed by atoms with Gasteiger partial charge in [0.25, 0.3) is 0 Å². The molecule has 0 saturated carbocycles. The molecule has 2 aromatic carbocycles. The average molecular weight is 214 g/mol. The summed E-state index contributed by atoms with van der Waals surface area (Å²) < 4.78 is 5.52. The molecule has 0 fully saturated rings. The minimum atomic E-state index is 0. The van der Waals surface area contributed by atoms with Crippen molar-refractivity contribution in [3.8, 4) is 0 Å². The van der Waals surface area contributed by atoms with Crippen LogP contribution in [0.4, 0.5) is 0 Å².